The van der Waals surface area contributed by atoms with Gasteiger partial charge in [0.15, 0.2) is 0 Å². The minimum absolute atomic E-state index is 0.289. The molecule has 0 atom stereocenters. The van der Waals surface area contributed by atoms with Crippen LogP contribution in [0, 0.1) is 28.5 Å². The number of benzene rings is 1. The summed E-state index contributed by atoms with van der Waals surface area (Å²) in [4.78, 5) is 0. The fourth-order valence-corrected chi connectivity index (χ4v) is 1.05. The van der Waals surface area contributed by atoms with Gasteiger partial charge in [0.05, 0.1) is 11.3 Å². The van der Waals surface area contributed by atoms with Crippen LogP contribution in [-0.4, -0.2) is 5.71 Å². The van der Waals surface area contributed by atoms with E-state index in [4.69, 9.17) is 10.5 Å². The first-order chi connectivity index (χ1) is 8.10. The van der Waals surface area contributed by atoms with Crippen LogP contribution in [0.25, 0.3) is 0 Å². The van der Waals surface area contributed by atoms with Crippen molar-refractivity contribution in [3.8, 4) is 12.1 Å². The molecule has 4 nitrogen and oxygen atoms in total. The van der Waals surface area contributed by atoms with E-state index < -0.39 is 23.5 Å². The average molecular weight is 238 g/mol. The summed E-state index contributed by atoms with van der Waals surface area (Å²) in [5.41, 5.74) is 0.370. The van der Waals surface area contributed by atoms with Crippen LogP contribution < -0.4 is 5.43 Å². The van der Waals surface area contributed by atoms with Crippen LogP contribution in [0.1, 0.15) is 12.0 Å². The van der Waals surface area contributed by atoms with Crippen LogP contribution in [0.15, 0.2) is 23.3 Å². The van der Waals surface area contributed by atoms with Gasteiger partial charge in [-0.3, -0.25) is 5.43 Å². The Kier molecular flexibility index (Phi) is 4.07. The number of anilines is 1. The van der Waals surface area contributed by atoms with Crippen LogP contribution in [0.3, 0.4) is 0 Å². The second-order valence-corrected chi connectivity index (χ2v) is 2.80. The molecule has 0 unspecified atom stereocenters. The van der Waals surface area contributed by atoms with Crippen LogP contribution in [0.4, 0.5) is 18.9 Å². The minimum Gasteiger partial charge on any atom is -0.276 e. The molecule has 1 aromatic rings. The Bertz CT molecular complexity index is 509. The Morgan fingerprint density at radius 1 is 1.29 bits per heavy atom. The molecule has 0 aliphatic rings. The summed E-state index contributed by atoms with van der Waals surface area (Å²) in [5.74, 6) is -1.09. The fourth-order valence-electron chi connectivity index (χ4n) is 1.05. The first kappa shape index (κ1) is 12.5. The van der Waals surface area contributed by atoms with Gasteiger partial charge in [0.1, 0.15) is 18.0 Å². The van der Waals surface area contributed by atoms with Crippen molar-refractivity contribution in [2.45, 2.75) is 6.43 Å². The number of nitriles is 2. The standard InChI is InChI=1S/C10H5F3N4/c11-7-2-1-3-8(9(7)10(12)13)17-16-6(4-14)5-15/h1-3,10,17H. The van der Waals surface area contributed by atoms with E-state index in [-0.39, 0.29) is 5.69 Å². The number of halogens is 3. The Morgan fingerprint density at radius 2 is 1.94 bits per heavy atom. The number of alkyl halides is 2. The lowest BCUT2D eigenvalue weighted by Gasteiger charge is -2.08. The number of hydrogen-bond acceptors (Lipinski definition) is 4. The summed E-state index contributed by atoms with van der Waals surface area (Å²) in [7, 11) is 0. The fraction of sp³-hybridized carbons (Fsp3) is 0.100. The van der Waals surface area contributed by atoms with Crippen molar-refractivity contribution >= 4 is 11.4 Å². The highest BCUT2D eigenvalue weighted by Gasteiger charge is 2.17. The minimum atomic E-state index is -3.03. The summed E-state index contributed by atoms with van der Waals surface area (Å²) in [6, 6.07) is 6.11. The summed E-state index contributed by atoms with van der Waals surface area (Å²) >= 11 is 0. The smallest absolute Gasteiger partial charge is 0.268 e. The van der Waals surface area contributed by atoms with Gasteiger partial charge in [-0.2, -0.15) is 15.6 Å². The lowest BCUT2D eigenvalue weighted by atomic mass is 10.2. The van der Waals surface area contributed by atoms with Crippen LogP contribution in [0.5, 0.6) is 0 Å². The molecule has 0 radical (unpaired) electrons. The third-order valence-electron chi connectivity index (χ3n) is 1.77. The summed E-state index contributed by atoms with van der Waals surface area (Å²) in [6.45, 7) is 0. The zero-order valence-corrected chi connectivity index (χ0v) is 8.28. The maximum Gasteiger partial charge on any atom is 0.268 e. The Labute approximate surface area is 94.6 Å². The highest BCUT2D eigenvalue weighted by Crippen LogP contribution is 2.29. The Hall–Kier alpha value is -2.54. The van der Waals surface area contributed by atoms with Gasteiger partial charge < -0.3 is 0 Å². The molecule has 0 aliphatic heterocycles. The van der Waals surface area contributed by atoms with E-state index in [0.29, 0.717) is 0 Å². The van der Waals surface area contributed by atoms with Crippen LogP contribution >= 0.6 is 0 Å². The van der Waals surface area contributed by atoms with Crippen molar-refractivity contribution in [2.75, 3.05) is 5.43 Å². The molecule has 7 heteroatoms. The summed E-state index contributed by atoms with van der Waals surface area (Å²) in [6.07, 6.45) is -3.03. The molecule has 1 N–H and O–H groups in total. The first-order valence-corrected chi connectivity index (χ1v) is 4.30. The van der Waals surface area contributed by atoms with E-state index in [1.165, 1.54) is 24.3 Å². The third kappa shape index (κ3) is 2.95. The average Bonchev–Trinajstić information content (AvgIpc) is 2.29. The number of hydrazone groups is 1. The SMILES string of the molecule is N#CC(C#N)=NNc1cccc(F)c1C(F)F. The van der Waals surface area contributed by atoms with Crippen LogP contribution in [-0.2, 0) is 0 Å². The zero-order chi connectivity index (χ0) is 12.8. The zero-order valence-electron chi connectivity index (χ0n) is 8.28. The van der Waals surface area contributed by atoms with Gasteiger partial charge in [0.2, 0.25) is 5.71 Å². The second kappa shape index (κ2) is 5.52. The lowest BCUT2D eigenvalue weighted by Crippen LogP contribution is -2.01. The predicted molar refractivity (Wildman–Crippen MR) is 53.6 cm³/mol. The monoisotopic (exact) mass is 238 g/mol. The molecule has 17 heavy (non-hydrogen) atoms. The van der Waals surface area contributed by atoms with E-state index in [0.717, 1.165) is 6.07 Å². The van der Waals surface area contributed by atoms with Gasteiger partial charge >= 0.3 is 0 Å². The van der Waals surface area contributed by atoms with Gasteiger partial charge in [0.25, 0.3) is 6.43 Å². The molecule has 0 bridgehead atoms. The van der Waals surface area contributed by atoms with Gasteiger partial charge in [-0.1, -0.05) is 6.07 Å². The molecule has 1 aromatic carbocycles. The highest BCUT2D eigenvalue weighted by molar-refractivity contribution is 6.10. The van der Waals surface area contributed by atoms with Crippen molar-refractivity contribution in [3.05, 3.63) is 29.6 Å². The molecule has 0 aliphatic carbocycles. The lowest BCUT2D eigenvalue weighted by molar-refractivity contribution is 0.147. The Balaban J connectivity index is 3.09. The quantitative estimate of drug-likeness (QED) is 0.649. The maximum absolute atomic E-state index is 13.1. The van der Waals surface area contributed by atoms with Gasteiger partial charge in [0, 0.05) is 0 Å². The van der Waals surface area contributed by atoms with E-state index in [9.17, 15) is 13.2 Å². The van der Waals surface area contributed by atoms with Crippen molar-refractivity contribution in [3.63, 3.8) is 0 Å². The molecule has 0 spiro atoms. The Morgan fingerprint density at radius 3 is 2.47 bits per heavy atom. The molecular formula is C10H5F3N4. The second-order valence-electron chi connectivity index (χ2n) is 2.80. The molecule has 0 fully saturated rings. The normalized spacial score (nSPS) is 9.29. The van der Waals surface area contributed by atoms with Gasteiger partial charge in [-0.15, -0.1) is 0 Å². The molecule has 0 heterocycles. The molecule has 86 valence electrons. The van der Waals surface area contributed by atoms with Crippen molar-refractivity contribution < 1.29 is 13.2 Å². The molecule has 0 saturated carbocycles. The highest BCUT2D eigenvalue weighted by atomic mass is 19.3. The first-order valence-electron chi connectivity index (χ1n) is 4.30. The summed E-state index contributed by atoms with van der Waals surface area (Å²) < 4.78 is 38.1. The number of nitrogens with zero attached hydrogens (tertiary/aromatic N) is 3. The van der Waals surface area contributed by atoms with Crippen molar-refractivity contribution in [1.29, 1.82) is 10.5 Å². The van der Waals surface area contributed by atoms with E-state index in [2.05, 4.69) is 10.5 Å². The predicted octanol–water partition coefficient (Wildman–Crippen LogP) is 2.58. The summed E-state index contributed by atoms with van der Waals surface area (Å²) in [5, 5.41) is 20.0. The largest absolute Gasteiger partial charge is 0.276 e. The number of rotatable bonds is 3. The topological polar surface area (TPSA) is 72.0 Å². The molecule has 1 rings (SSSR count). The van der Waals surface area contributed by atoms with Crippen molar-refractivity contribution in [1.82, 2.24) is 0 Å². The molecule has 0 amide bonds. The van der Waals surface area contributed by atoms with Gasteiger partial charge in [-0.05, 0) is 12.1 Å². The van der Waals surface area contributed by atoms with Crippen LogP contribution in [0.2, 0.25) is 0 Å². The van der Waals surface area contributed by atoms with E-state index in [1.54, 1.807) is 0 Å². The van der Waals surface area contributed by atoms with Crippen molar-refractivity contribution in [2.24, 2.45) is 5.10 Å². The maximum atomic E-state index is 13.1. The van der Waals surface area contributed by atoms with E-state index >= 15 is 0 Å². The third-order valence-corrected chi connectivity index (χ3v) is 1.77. The number of hydrogen-bond donors (Lipinski definition) is 1. The van der Waals surface area contributed by atoms with E-state index in [1.807, 2.05) is 0 Å². The molecule has 0 saturated heterocycles. The molecule has 0 aromatic heterocycles. The van der Waals surface area contributed by atoms with Gasteiger partial charge in [-0.25, -0.2) is 13.2 Å². The molecular weight excluding hydrogens is 233 g/mol. The number of nitrogens with one attached hydrogen (secondary N) is 1.